The van der Waals surface area contributed by atoms with Crippen LogP contribution in [0, 0.1) is 18.3 Å². The fraction of sp³-hybridized carbons (Fsp3) is 0.364. The molecule has 0 bridgehead atoms. The number of benzene rings is 1. The van der Waals surface area contributed by atoms with Crippen molar-refractivity contribution < 1.29 is 13.2 Å². The van der Waals surface area contributed by atoms with E-state index in [1.807, 2.05) is 0 Å². The molecule has 1 saturated heterocycles. The van der Waals surface area contributed by atoms with Gasteiger partial charge in [0.25, 0.3) is 5.56 Å². The summed E-state index contributed by atoms with van der Waals surface area (Å²) in [5.41, 5.74) is 6.36. The summed E-state index contributed by atoms with van der Waals surface area (Å²) in [6.07, 6.45) is 1.18. The Balaban J connectivity index is 1.88. The quantitative estimate of drug-likeness (QED) is 0.390. The number of nitrogens with zero attached hydrogens (tertiary/aromatic N) is 3. The number of hydrogen-bond donors (Lipinski definition) is 3. The number of nitrogens with two attached hydrogens (primary N) is 1. The van der Waals surface area contributed by atoms with Gasteiger partial charge in [0.1, 0.15) is 17.6 Å². The summed E-state index contributed by atoms with van der Waals surface area (Å²) in [6.45, 7) is 5.33. The minimum absolute atomic E-state index is 0.0447. The van der Waals surface area contributed by atoms with E-state index >= 15 is 0 Å². The Hall–Kier alpha value is -3.47. The van der Waals surface area contributed by atoms with Crippen molar-refractivity contribution in [2.45, 2.75) is 38.0 Å². The number of sulfonamides is 1. The number of nitrogens with one attached hydrogen (secondary N) is 2. The number of piperidine rings is 1. The molecular formula is C22H28N6O4S. The number of aliphatic imine (C=N–C) groups is 1. The summed E-state index contributed by atoms with van der Waals surface area (Å²) in [6, 6.07) is 11.1. The molecule has 1 aliphatic heterocycles. The van der Waals surface area contributed by atoms with Gasteiger partial charge in [-0.3, -0.25) is 24.7 Å². The largest absolute Gasteiger partial charge is 0.386 e. The van der Waals surface area contributed by atoms with E-state index in [0.29, 0.717) is 30.6 Å². The smallest absolute Gasteiger partial charge is 0.293 e. The maximum Gasteiger partial charge on any atom is 0.293 e. The summed E-state index contributed by atoms with van der Waals surface area (Å²) in [7, 11) is -3.83. The second kappa shape index (κ2) is 9.99. The first-order valence-corrected chi connectivity index (χ1v) is 12.1. The predicted octanol–water partition coefficient (Wildman–Crippen LogP) is 1.37. The molecule has 4 N–H and O–H groups in total. The fourth-order valence-electron chi connectivity index (χ4n) is 4.06. The number of pyridine rings is 1. The summed E-state index contributed by atoms with van der Waals surface area (Å²) in [5.74, 6) is -0.774. The lowest BCUT2D eigenvalue weighted by Crippen LogP contribution is -2.58. The van der Waals surface area contributed by atoms with Gasteiger partial charge in [0, 0.05) is 18.7 Å². The molecule has 10 nitrogen and oxygen atoms in total. The van der Waals surface area contributed by atoms with Crippen LogP contribution >= 0.6 is 0 Å². The zero-order chi connectivity index (χ0) is 24.2. The van der Waals surface area contributed by atoms with Crippen molar-refractivity contribution in [2.24, 2.45) is 16.6 Å². The maximum absolute atomic E-state index is 13.3. The molecule has 11 heteroatoms. The number of anilines is 1. The molecule has 0 spiro atoms. The number of amides is 1. The lowest BCUT2D eigenvalue weighted by Gasteiger charge is -2.41. The van der Waals surface area contributed by atoms with Gasteiger partial charge in [-0.2, -0.15) is 0 Å². The van der Waals surface area contributed by atoms with Crippen LogP contribution in [0.1, 0.15) is 30.5 Å². The Bertz CT molecular complexity index is 1210. The van der Waals surface area contributed by atoms with E-state index in [1.165, 1.54) is 10.7 Å². The van der Waals surface area contributed by atoms with Gasteiger partial charge in [0.2, 0.25) is 15.9 Å². The van der Waals surface area contributed by atoms with Gasteiger partial charge in [0.05, 0.1) is 5.75 Å². The molecule has 0 aliphatic carbocycles. The molecular weight excluding hydrogens is 444 g/mol. The third-order valence-electron chi connectivity index (χ3n) is 5.65. The molecule has 1 aliphatic rings. The molecule has 2 unspecified atom stereocenters. The summed E-state index contributed by atoms with van der Waals surface area (Å²) in [4.78, 5) is 28.4. The molecule has 1 fully saturated rings. The summed E-state index contributed by atoms with van der Waals surface area (Å²) >= 11 is 0. The highest BCUT2D eigenvalue weighted by molar-refractivity contribution is 7.91. The normalized spacial score (nSPS) is 18.5. The van der Waals surface area contributed by atoms with Gasteiger partial charge >= 0.3 is 0 Å². The van der Waals surface area contributed by atoms with Crippen molar-refractivity contribution in [1.29, 1.82) is 5.41 Å². The Morgan fingerprint density at radius 1 is 1.27 bits per heavy atom. The molecule has 2 atom stereocenters. The van der Waals surface area contributed by atoms with E-state index in [-0.39, 0.29) is 35.5 Å². The van der Waals surface area contributed by atoms with Crippen LogP contribution in [0.4, 0.5) is 5.69 Å². The van der Waals surface area contributed by atoms with Gasteiger partial charge in [-0.1, -0.05) is 30.3 Å². The lowest BCUT2D eigenvalue weighted by atomic mass is 9.88. The van der Waals surface area contributed by atoms with Gasteiger partial charge in [-0.25, -0.2) is 18.1 Å². The number of carbonyl (C=O) groups is 1. The monoisotopic (exact) mass is 472 g/mol. The first-order valence-electron chi connectivity index (χ1n) is 10.5. The van der Waals surface area contributed by atoms with Crippen molar-refractivity contribution in [2.75, 3.05) is 16.3 Å². The molecule has 1 aromatic carbocycles. The second-order valence-corrected chi connectivity index (χ2v) is 9.85. The van der Waals surface area contributed by atoms with Crippen LogP contribution < -0.4 is 21.0 Å². The number of aromatic nitrogens is 1. The number of carbonyl (C=O) groups excluding carboxylic acids is 1. The van der Waals surface area contributed by atoms with Crippen molar-refractivity contribution in [3.05, 3.63) is 64.1 Å². The molecule has 33 heavy (non-hydrogen) atoms. The lowest BCUT2D eigenvalue weighted by molar-refractivity contribution is -0.118. The van der Waals surface area contributed by atoms with Crippen LogP contribution in [-0.2, 0) is 20.6 Å². The average Bonchev–Trinajstić information content (AvgIpc) is 2.76. The Morgan fingerprint density at radius 3 is 2.61 bits per heavy atom. The van der Waals surface area contributed by atoms with Crippen LogP contribution in [0.15, 0.2) is 52.3 Å². The van der Waals surface area contributed by atoms with E-state index in [0.717, 1.165) is 0 Å². The van der Waals surface area contributed by atoms with Gasteiger partial charge in [-0.15, -0.1) is 0 Å². The van der Waals surface area contributed by atoms with Crippen molar-refractivity contribution in [1.82, 2.24) is 4.68 Å². The summed E-state index contributed by atoms with van der Waals surface area (Å²) < 4.78 is 29.1. The van der Waals surface area contributed by atoms with E-state index in [4.69, 9.17) is 11.1 Å². The standard InChI is InChI=1S/C22H28N6O4S/c1-15-8-9-18(26-33(31,32)14-16-6-4-3-5-7-16)22(30)28(15)27-11-10-17(13-20(29)25-2)12-19(27)21(23)24/h3-9,17,19,26H,2,10-14H2,1H3,(H3,23,24). The second-order valence-electron chi connectivity index (χ2n) is 8.13. The SMILES string of the molecule is C=NC(=O)CC1CCN(n2c(C)ccc(NS(=O)(=O)Cc3ccccc3)c2=O)C(C(=N)N)C1. The zero-order valence-electron chi connectivity index (χ0n) is 18.4. The molecule has 1 aromatic heterocycles. The number of aryl methyl sites for hydroxylation is 1. The topological polar surface area (TPSA) is 151 Å². The molecule has 176 valence electrons. The van der Waals surface area contributed by atoms with Crippen LogP contribution in [0.2, 0.25) is 0 Å². The summed E-state index contributed by atoms with van der Waals surface area (Å²) in [5, 5.41) is 9.70. The van der Waals surface area contributed by atoms with Crippen LogP contribution in [0.5, 0.6) is 0 Å². The highest BCUT2D eigenvalue weighted by atomic mass is 32.2. The van der Waals surface area contributed by atoms with Crippen molar-refractivity contribution in [3.8, 4) is 0 Å². The van der Waals surface area contributed by atoms with E-state index in [9.17, 15) is 18.0 Å². The third kappa shape index (κ3) is 5.86. The Labute approximate surface area is 192 Å². The van der Waals surface area contributed by atoms with Crippen molar-refractivity contribution in [3.63, 3.8) is 0 Å². The first kappa shape index (κ1) is 24.2. The minimum Gasteiger partial charge on any atom is -0.386 e. The van der Waals surface area contributed by atoms with E-state index in [1.54, 1.807) is 48.3 Å². The van der Waals surface area contributed by atoms with Crippen molar-refractivity contribution >= 4 is 34.2 Å². The Morgan fingerprint density at radius 2 is 1.97 bits per heavy atom. The molecule has 2 aromatic rings. The van der Waals surface area contributed by atoms with E-state index < -0.39 is 21.6 Å². The molecule has 3 rings (SSSR count). The van der Waals surface area contributed by atoms with Gasteiger partial charge in [0.15, 0.2) is 0 Å². The number of rotatable bonds is 8. The molecule has 0 saturated carbocycles. The molecule has 2 heterocycles. The van der Waals surface area contributed by atoms with Crippen LogP contribution in [-0.4, -0.2) is 44.1 Å². The minimum atomic E-state index is -3.83. The van der Waals surface area contributed by atoms with E-state index in [2.05, 4.69) is 16.4 Å². The third-order valence-corrected chi connectivity index (χ3v) is 6.90. The van der Waals surface area contributed by atoms with Crippen LogP contribution in [0.25, 0.3) is 0 Å². The predicted molar refractivity (Wildman–Crippen MR) is 129 cm³/mol. The zero-order valence-corrected chi connectivity index (χ0v) is 19.2. The fourth-order valence-corrected chi connectivity index (χ4v) is 5.26. The average molecular weight is 473 g/mol. The molecule has 0 radical (unpaired) electrons. The first-order chi connectivity index (χ1) is 15.6. The van der Waals surface area contributed by atoms with Gasteiger partial charge < -0.3 is 5.73 Å². The van der Waals surface area contributed by atoms with Crippen LogP contribution in [0.3, 0.4) is 0 Å². The number of amidine groups is 1. The van der Waals surface area contributed by atoms with Gasteiger partial charge in [-0.05, 0) is 50.1 Å². The highest BCUT2D eigenvalue weighted by Crippen LogP contribution is 2.25. The Kier molecular flexibility index (Phi) is 7.32. The highest BCUT2D eigenvalue weighted by Gasteiger charge is 2.33. The maximum atomic E-state index is 13.3. The number of hydrogen-bond acceptors (Lipinski definition) is 6. The molecule has 1 amide bonds.